The van der Waals surface area contributed by atoms with E-state index in [9.17, 15) is 13.2 Å². The molecule has 10 heteroatoms. The fourth-order valence-electron chi connectivity index (χ4n) is 3.13. The van der Waals surface area contributed by atoms with Gasteiger partial charge in [-0.05, 0) is 43.7 Å². The number of rotatable bonds is 6. The van der Waals surface area contributed by atoms with Crippen LogP contribution in [0.4, 0.5) is 5.69 Å². The number of benzene rings is 1. The molecule has 2 heterocycles. The molecule has 1 saturated heterocycles. The van der Waals surface area contributed by atoms with Gasteiger partial charge in [0.1, 0.15) is 0 Å². The Balaban J connectivity index is 0.00000300. The Morgan fingerprint density at radius 3 is 2.69 bits per heavy atom. The van der Waals surface area contributed by atoms with Crippen molar-refractivity contribution in [3.05, 3.63) is 59.4 Å². The predicted molar refractivity (Wildman–Crippen MR) is 114 cm³/mol. The van der Waals surface area contributed by atoms with Crippen molar-refractivity contribution < 1.29 is 18.3 Å². The predicted octanol–water partition coefficient (Wildman–Crippen LogP) is 2.06. The normalized spacial score (nSPS) is 17.4. The van der Waals surface area contributed by atoms with Crippen LogP contribution in [0.25, 0.3) is 0 Å². The highest BCUT2D eigenvalue weighted by atomic mass is 35.5. The Hall–Kier alpha value is -2.20. The van der Waals surface area contributed by atoms with E-state index in [0.717, 1.165) is 5.56 Å². The third kappa shape index (κ3) is 5.45. The summed E-state index contributed by atoms with van der Waals surface area (Å²) < 4.78 is 29.7. The fourth-order valence-corrected chi connectivity index (χ4v) is 4.81. The lowest BCUT2D eigenvalue weighted by Crippen LogP contribution is -2.55. The maximum absolute atomic E-state index is 13.4. The summed E-state index contributed by atoms with van der Waals surface area (Å²) in [7, 11) is -3.78. The van der Waals surface area contributed by atoms with E-state index in [2.05, 4.69) is 10.3 Å². The van der Waals surface area contributed by atoms with Gasteiger partial charge in [0.15, 0.2) is 0 Å². The third-order valence-corrected chi connectivity index (χ3v) is 6.48. The smallest absolute Gasteiger partial charge is 0.337 e. The summed E-state index contributed by atoms with van der Waals surface area (Å²) in [6, 6.07) is 10.3. The lowest BCUT2D eigenvalue weighted by molar-refractivity contribution is 0.0696. The van der Waals surface area contributed by atoms with Crippen molar-refractivity contribution in [3.8, 4) is 0 Å². The second kappa shape index (κ2) is 9.53. The van der Waals surface area contributed by atoms with Crippen molar-refractivity contribution in [1.29, 1.82) is 0 Å². The number of hydrogen-bond acceptors (Lipinski definition) is 5. The molecule has 0 amide bonds. The first-order chi connectivity index (χ1) is 13.3. The Morgan fingerprint density at radius 2 is 2.10 bits per heavy atom. The van der Waals surface area contributed by atoms with Crippen molar-refractivity contribution in [2.45, 2.75) is 26.4 Å². The number of carbonyl (C=O) groups is 1. The number of hydrogen-bond donors (Lipinski definition) is 2. The number of nitrogens with one attached hydrogen (secondary N) is 1. The van der Waals surface area contributed by atoms with Gasteiger partial charge in [-0.2, -0.15) is 12.7 Å². The Labute approximate surface area is 177 Å². The van der Waals surface area contributed by atoms with Gasteiger partial charge in [-0.25, -0.2) is 4.79 Å². The lowest BCUT2D eigenvalue weighted by Gasteiger charge is -2.35. The molecule has 1 atom stereocenters. The highest BCUT2D eigenvalue weighted by molar-refractivity contribution is 7.90. The highest BCUT2D eigenvalue weighted by Gasteiger charge is 2.33. The number of halogens is 1. The maximum Gasteiger partial charge on any atom is 0.337 e. The Bertz CT molecular complexity index is 953. The number of nitrogens with zero attached hydrogens (tertiary/aromatic N) is 3. The molecule has 1 aliphatic rings. The van der Waals surface area contributed by atoms with Crippen molar-refractivity contribution in [3.63, 3.8) is 0 Å². The molecule has 1 aliphatic heterocycles. The molecule has 2 N–H and O–H groups in total. The zero-order valence-corrected chi connectivity index (χ0v) is 17.9. The van der Waals surface area contributed by atoms with E-state index in [1.54, 1.807) is 12.1 Å². The van der Waals surface area contributed by atoms with E-state index < -0.39 is 16.2 Å². The quantitative estimate of drug-likeness (QED) is 0.712. The summed E-state index contributed by atoms with van der Waals surface area (Å²) in [5.41, 5.74) is 2.03. The van der Waals surface area contributed by atoms with E-state index >= 15 is 0 Å². The van der Waals surface area contributed by atoms with Gasteiger partial charge in [-0.3, -0.25) is 9.29 Å². The van der Waals surface area contributed by atoms with Crippen molar-refractivity contribution in [2.24, 2.45) is 0 Å². The van der Waals surface area contributed by atoms with Gasteiger partial charge >= 0.3 is 16.2 Å². The lowest BCUT2D eigenvalue weighted by atomic mass is 10.2. The first-order valence-corrected chi connectivity index (χ1v) is 10.4. The monoisotopic (exact) mass is 440 g/mol. The zero-order valence-electron chi connectivity index (χ0n) is 16.3. The topological polar surface area (TPSA) is 103 Å². The average Bonchev–Trinajstić information content (AvgIpc) is 2.66. The van der Waals surface area contributed by atoms with Crippen LogP contribution in [0.15, 0.2) is 42.6 Å². The molecule has 0 spiro atoms. The van der Waals surface area contributed by atoms with Crippen LogP contribution in [0.5, 0.6) is 0 Å². The fraction of sp³-hybridized carbons (Fsp3) is 0.368. The molecule has 158 valence electrons. The minimum absolute atomic E-state index is 0. The van der Waals surface area contributed by atoms with E-state index in [-0.39, 0.29) is 30.6 Å². The molecule has 29 heavy (non-hydrogen) atoms. The van der Waals surface area contributed by atoms with Gasteiger partial charge in [0.05, 0.1) is 23.5 Å². The number of piperazine rings is 1. The van der Waals surface area contributed by atoms with E-state index in [4.69, 9.17) is 5.11 Å². The summed E-state index contributed by atoms with van der Waals surface area (Å²) in [5.74, 6) is -1.07. The molecule has 1 aromatic carbocycles. The van der Waals surface area contributed by atoms with Crippen molar-refractivity contribution >= 4 is 34.3 Å². The Morgan fingerprint density at radius 1 is 1.34 bits per heavy atom. The number of aryl methyl sites for hydroxylation is 1. The van der Waals surface area contributed by atoms with Gasteiger partial charge in [-0.1, -0.05) is 12.1 Å². The van der Waals surface area contributed by atoms with Gasteiger partial charge in [-0.15, -0.1) is 12.4 Å². The molecule has 0 unspecified atom stereocenters. The largest absolute Gasteiger partial charge is 0.478 e. The highest BCUT2D eigenvalue weighted by Crippen LogP contribution is 2.24. The van der Waals surface area contributed by atoms with Crippen molar-refractivity contribution in [1.82, 2.24) is 14.6 Å². The summed E-state index contributed by atoms with van der Waals surface area (Å²) in [6.45, 7) is 5.24. The summed E-state index contributed by atoms with van der Waals surface area (Å²) in [5, 5.41) is 12.3. The summed E-state index contributed by atoms with van der Waals surface area (Å²) in [6.07, 6.45) is 1.24. The van der Waals surface area contributed by atoms with Gasteiger partial charge < -0.3 is 10.4 Å². The molecular weight excluding hydrogens is 416 g/mol. The molecule has 1 aromatic heterocycles. The minimum atomic E-state index is -3.78. The second-order valence-corrected chi connectivity index (χ2v) is 8.76. The molecule has 0 aliphatic carbocycles. The number of pyridine rings is 1. The first kappa shape index (κ1) is 23.1. The molecule has 0 radical (unpaired) electrons. The molecule has 1 fully saturated rings. The van der Waals surface area contributed by atoms with Gasteiger partial charge in [0.2, 0.25) is 0 Å². The van der Waals surface area contributed by atoms with Crippen LogP contribution in [0.2, 0.25) is 0 Å². The minimum Gasteiger partial charge on any atom is -0.478 e. The van der Waals surface area contributed by atoms with Gasteiger partial charge in [0, 0.05) is 31.9 Å². The van der Waals surface area contributed by atoms with E-state index in [0.29, 0.717) is 31.0 Å². The van der Waals surface area contributed by atoms with Crippen LogP contribution < -0.4 is 9.62 Å². The third-order valence-electron chi connectivity index (χ3n) is 4.60. The molecule has 2 aromatic rings. The average molecular weight is 441 g/mol. The van der Waals surface area contributed by atoms with Crippen LogP contribution in [-0.2, 0) is 16.8 Å². The maximum atomic E-state index is 13.4. The van der Waals surface area contributed by atoms with E-state index in [1.807, 2.05) is 32.0 Å². The Kier molecular flexibility index (Phi) is 7.59. The molecule has 0 saturated carbocycles. The molecule has 8 nitrogen and oxygen atoms in total. The number of carboxylic acids is 1. The first-order valence-electron chi connectivity index (χ1n) is 9.03. The van der Waals surface area contributed by atoms with Crippen molar-refractivity contribution in [2.75, 3.05) is 23.9 Å². The second-order valence-electron chi connectivity index (χ2n) is 6.91. The summed E-state index contributed by atoms with van der Waals surface area (Å²) >= 11 is 0. The standard InChI is InChI=1S/C19H24N4O4S.ClH/c1-14-4-3-5-18(10-14)23(13-17-7-6-16(11-21-17)19(24)25)28(26,27)22-9-8-20-15(2)12-22;/h3-7,10-11,15,20H,8-9,12-13H2,1-2H3,(H,24,25);1H/t15-;/m0./s1. The van der Waals surface area contributed by atoms with Crippen LogP contribution in [-0.4, -0.2) is 54.5 Å². The number of carboxylic acid groups (broad SMARTS) is 1. The van der Waals surface area contributed by atoms with Crippen LogP contribution in [0, 0.1) is 6.92 Å². The SMILES string of the molecule is Cc1cccc(N(Cc2ccc(C(=O)O)cn2)S(=O)(=O)N2CCN[C@@H](C)C2)c1.Cl. The van der Waals surface area contributed by atoms with Crippen LogP contribution in [0.3, 0.4) is 0 Å². The number of aromatic nitrogens is 1. The number of aromatic carboxylic acids is 1. The van der Waals surface area contributed by atoms with Gasteiger partial charge in [0.25, 0.3) is 0 Å². The van der Waals surface area contributed by atoms with Crippen LogP contribution >= 0.6 is 12.4 Å². The molecule has 3 rings (SSSR count). The molecular formula is C19H25ClN4O4S. The molecule has 0 bridgehead atoms. The van der Waals surface area contributed by atoms with Crippen LogP contribution in [0.1, 0.15) is 28.5 Å². The van der Waals surface area contributed by atoms with E-state index in [1.165, 1.54) is 20.9 Å². The number of anilines is 1. The summed E-state index contributed by atoms with van der Waals surface area (Å²) in [4.78, 5) is 15.2. The zero-order chi connectivity index (χ0) is 20.3.